The van der Waals surface area contributed by atoms with Crippen LogP contribution in [0.2, 0.25) is 0 Å². The maximum absolute atomic E-state index is 12.9. The Bertz CT molecular complexity index is 706. The number of carbonyl (C=O) groups excluding carboxylic acids is 1. The molecule has 4 heterocycles. The molecule has 4 rings (SSSR count). The predicted molar refractivity (Wildman–Crippen MR) is 89.7 cm³/mol. The van der Waals surface area contributed by atoms with Gasteiger partial charge in [0.15, 0.2) is 0 Å². The summed E-state index contributed by atoms with van der Waals surface area (Å²) in [5, 5.41) is 0. The van der Waals surface area contributed by atoms with Crippen LogP contribution in [0, 0.1) is 5.92 Å². The molecule has 0 unspecified atom stereocenters. The monoisotopic (exact) mass is 342 g/mol. The lowest BCUT2D eigenvalue weighted by Crippen LogP contribution is -2.53. The van der Waals surface area contributed by atoms with E-state index < -0.39 is 0 Å². The van der Waals surface area contributed by atoms with Crippen molar-refractivity contribution in [1.29, 1.82) is 0 Å². The Balaban J connectivity index is 1.53. The molecule has 0 radical (unpaired) electrons. The van der Waals surface area contributed by atoms with Crippen molar-refractivity contribution < 1.29 is 13.9 Å². The highest BCUT2D eigenvalue weighted by Crippen LogP contribution is 2.33. The molecule has 2 aliphatic rings. The van der Waals surface area contributed by atoms with Crippen molar-refractivity contribution in [3.05, 3.63) is 48.4 Å². The summed E-state index contributed by atoms with van der Waals surface area (Å²) in [7, 11) is 1.76. The van der Waals surface area contributed by atoms with Gasteiger partial charge in [-0.3, -0.25) is 14.7 Å². The van der Waals surface area contributed by atoms with Gasteiger partial charge in [-0.15, -0.1) is 0 Å². The van der Waals surface area contributed by atoms with Gasteiger partial charge in [0, 0.05) is 45.1 Å². The van der Waals surface area contributed by atoms with Gasteiger partial charge in [-0.1, -0.05) is 0 Å². The topological polar surface area (TPSA) is 71.7 Å². The minimum absolute atomic E-state index is 0.0440. The van der Waals surface area contributed by atoms with Crippen LogP contribution in [0.15, 0.2) is 41.4 Å². The summed E-state index contributed by atoms with van der Waals surface area (Å²) in [4.78, 5) is 25.4. The first-order valence-corrected chi connectivity index (χ1v) is 8.61. The molecule has 0 saturated carbocycles. The van der Waals surface area contributed by atoms with Gasteiger partial charge in [-0.05, 0) is 18.6 Å². The average molecular weight is 342 g/mol. The molecule has 0 spiro atoms. The van der Waals surface area contributed by atoms with Crippen molar-refractivity contribution in [3.8, 4) is 0 Å². The molecular weight excluding hydrogens is 320 g/mol. The quantitative estimate of drug-likeness (QED) is 0.837. The van der Waals surface area contributed by atoms with Crippen LogP contribution in [0.1, 0.15) is 22.7 Å². The number of furan rings is 1. The summed E-state index contributed by atoms with van der Waals surface area (Å²) in [5.41, 5.74) is 0.404. The summed E-state index contributed by atoms with van der Waals surface area (Å²) < 4.78 is 11.2. The van der Waals surface area contributed by atoms with Crippen LogP contribution in [0.25, 0.3) is 0 Å². The molecule has 2 aromatic heterocycles. The first kappa shape index (κ1) is 16.2. The fourth-order valence-corrected chi connectivity index (χ4v) is 4.09. The standard InChI is InChI=1S/C18H22N4O3/c1-24-17-4-7-22(18(23)15-9-19-5-6-20-15)16-12-21(11-14(16)17)10-13-3-2-8-25-13/h2-3,5-6,8-9,14,16-17H,4,7,10-12H2,1H3/t14-,16+,17-/m1/s1. The third-order valence-corrected chi connectivity index (χ3v) is 5.25. The number of hydrogen-bond acceptors (Lipinski definition) is 6. The third-order valence-electron chi connectivity index (χ3n) is 5.25. The van der Waals surface area contributed by atoms with E-state index in [1.165, 1.54) is 6.20 Å². The second-order valence-corrected chi connectivity index (χ2v) is 6.66. The number of methoxy groups -OCH3 is 1. The molecule has 2 aromatic rings. The van der Waals surface area contributed by atoms with E-state index in [-0.39, 0.29) is 18.1 Å². The minimum atomic E-state index is -0.0440. The van der Waals surface area contributed by atoms with Crippen LogP contribution in [0.3, 0.4) is 0 Å². The van der Waals surface area contributed by atoms with Crippen molar-refractivity contribution in [1.82, 2.24) is 19.8 Å². The Morgan fingerprint density at radius 2 is 2.32 bits per heavy atom. The zero-order valence-electron chi connectivity index (χ0n) is 14.2. The lowest BCUT2D eigenvalue weighted by atomic mass is 9.89. The maximum Gasteiger partial charge on any atom is 0.274 e. The Hall–Kier alpha value is -2.25. The highest BCUT2D eigenvalue weighted by molar-refractivity contribution is 5.92. The van der Waals surface area contributed by atoms with Gasteiger partial charge in [0.2, 0.25) is 0 Å². The zero-order valence-corrected chi connectivity index (χ0v) is 14.2. The number of piperidine rings is 1. The van der Waals surface area contributed by atoms with Gasteiger partial charge < -0.3 is 14.1 Å². The fraction of sp³-hybridized carbons (Fsp3) is 0.500. The van der Waals surface area contributed by atoms with Gasteiger partial charge in [-0.2, -0.15) is 0 Å². The Morgan fingerprint density at radius 1 is 1.40 bits per heavy atom. The molecule has 2 fully saturated rings. The number of nitrogens with zero attached hydrogens (tertiary/aromatic N) is 4. The molecule has 2 saturated heterocycles. The second-order valence-electron chi connectivity index (χ2n) is 6.66. The molecular formula is C18H22N4O3. The largest absolute Gasteiger partial charge is 0.468 e. The number of hydrogen-bond donors (Lipinski definition) is 0. The van der Waals surface area contributed by atoms with E-state index in [1.54, 1.807) is 25.8 Å². The molecule has 7 nitrogen and oxygen atoms in total. The van der Waals surface area contributed by atoms with Gasteiger partial charge in [-0.25, -0.2) is 4.98 Å². The van der Waals surface area contributed by atoms with Gasteiger partial charge in [0.05, 0.1) is 31.2 Å². The maximum atomic E-state index is 12.9. The van der Waals surface area contributed by atoms with E-state index in [0.29, 0.717) is 18.2 Å². The Kier molecular flexibility index (Phi) is 4.50. The smallest absolute Gasteiger partial charge is 0.274 e. The molecule has 0 aliphatic carbocycles. The Labute approximate surface area is 146 Å². The average Bonchev–Trinajstić information content (AvgIpc) is 3.31. The first-order chi connectivity index (χ1) is 12.3. The SMILES string of the molecule is CO[C@@H]1CCN(C(=O)c2cnccn2)[C@H]2CN(Cc3ccco3)C[C@@H]12. The molecule has 0 bridgehead atoms. The summed E-state index contributed by atoms with van der Waals surface area (Å²) in [6.45, 7) is 3.15. The number of rotatable bonds is 4. The molecule has 0 aromatic carbocycles. The lowest BCUT2D eigenvalue weighted by Gasteiger charge is -2.40. The predicted octanol–water partition coefficient (Wildman–Crippen LogP) is 1.43. The summed E-state index contributed by atoms with van der Waals surface area (Å²) in [6.07, 6.45) is 7.40. The van der Waals surface area contributed by atoms with E-state index in [2.05, 4.69) is 14.9 Å². The number of fused-ring (bicyclic) bond motifs is 1. The van der Waals surface area contributed by atoms with E-state index in [4.69, 9.17) is 9.15 Å². The summed E-state index contributed by atoms with van der Waals surface area (Å²) in [5.74, 6) is 1.20. The van der Waals surface area contributed by atoms with Gasteiger partial charge in [0.1, 0.15) is 11.5 Å². The normalized spacial score (nSPS) is 26.6. The summed E-state index contributed by atoms with van der Waals surface area (Å²) >= 11 is 0. The molecule has 132 valence electrons. The first-order valence-electron chi connectivity index (χ1n) is 8.61. The summed E-state index contributed by atoms with van der Waals surface area (Å²) in [6, 6.07) is 4.02. The number of ether oxygens (including phenoxy) is 1. The second kappa shape index (κ2) is 6.93. The molecule has 3 atom stereocenters. The number of likely N-dealkylation sites (tertiary alicyclic amines) is 2. The van der Waals surface area contributed by atoms with E-state index in [9.17, 15) is 4.79 Å². The Morgan fingerprint density at radius 3 is 3.04 bits per heavy atom. The van der Waals surface area contributed by atoms with Crippen LogP contribution in [-0.4, -0.2) is 64.6 Å². The molecule has 0 N–H and O–H groups in total. The van der Waals surface area contributed by atoms with Crippen LogP contribution >= 0.6 is 0 Å². The van der Waals surface area contributed by atoms with E-state index in [1.807, 2.05) is 17.0 Å². The molecule has 7 heteroatoms. The van der Waals surface area contributed by atoms with Crippen LogP contribution in [-0.2, 0) is 11.3 Å². The molecule has 25 heavy (non-hydrogen) atoms. The van der Waals surface area contributed by atoms with Gasteiger partial charge >= 0.3 is 0 Å². The lowest BCUT2D eigenvalue weighted by molar-refractivity contribution is -0.0159. The molecule has 1 amide bonds. The van der Waals surface area contributed by atoms with Crippen molar-refractivity contribution in [2.45, 2.75) is 25.1 Å². The van der Waals surface area contributed by atoms with Crippen LogP contribution in [0.4, 0.5) is 0 Å². The molecule has 2 aliphatic heterocycles. The van der Waals surface area contributed by atoms with E-state index >= 15 is 0 Å². The van der Waals surface area contributed by atoms with Crippen molar-refractivity contribution in [2.75, 3.05) is 26.7 Å². The van der Waals surface area contributed by atoms with Crippen molar-refractivity contribution in [2.24, 2.45) is 5.92 Å². The van der Waals surface area contributed by atoms with Crippen molar-refractivity contribution in [3.63, 3.8) is 0 Å². The number of aromatic nitrogens is 2. The van der Waals surface area contributed by atoms with Crippen LogP contribution < -0.4 is 0 Å². The number of amides is 1. The minimum Gasteiger partial charge on any atom is -0.468 e. The highest BCUT2D eigenvalue weighted by Gasteiger charge is 2.46. The van der Waals surface area contributed by atoms with E-state index in [0.717, 1.165) is 31.8 Å². The van der Waals surface area contributed by atoms with Crippen LogP contribution in [0.5, 0.6) is 0 Å². The van der Waals surface area contributed by atoms with Gasteiger partial charge in [0.25, 0.3) is 5.91 Å². The zero-order chi connectivity index (χ0) is 17.2. The van der Waals surface area contributed by atoms with Crippen molar-refractivity contribution >= 4 is 5.91 Å². The highest BCUT2D eigenvalue weighted by atomic mass is 16.5. The third kappa shape index (κ3) is 3.17. The fourth-order valence-electron chi connectivity index (χ4n) is 4.09. The number of carbonyl (C=O) groups is 1.